The minimum absolute atomic E-state index is 0.371. The minimum Gasteiger partial charge on any atom is -0.0934 e. The van der Waals surface area contributed by atoms with Gasteiger partial charge in [0.15, 0.2) is 0 Å². The van der Waals surface area contributed by atoms with E-state index in [1.807, 2.05) is 0 Å². The van der Waals surface area contributed by atoms with E-state index < -0.39 is 0 Å². The molecule has 0 saturated carbocycles. The molecule has 88 valence electrons. The van der Waals surface area contributed by atoms with Crippen molar-refractivity contribution in [3.8, 4) is 0 Å². The zero-order chi connectivity index (χ0) is 12.1. The highest BCUT2D eigenvalue weighted by atomic mass is 15.1. The van der Waals surface area contributed by atoms with Gasteiger partial charge in [0.05, 0.1) is 0 Å². The minimum atomic E-state index is 0.371. The number of allylic oxidation sites excluding steroid dienone is 7. The van der Waals surface area contributed by atoms with Crippen LogP contribution in [0.2, 0.25) is 0 Å². The van der Waals surface area contributed by atoms with Crippen molar-refractivity contribution in [2.24, 2.45) is 11.0 Å². The Labute approximate surface area is 102 Å². The Morgan fingerprint density at radius 2 is 2.29 bits per heavy atom. The standard InChI is InChI=1S/C14H17N3/c1-11-2-6-13(7-3-11)14-8-4-12(5-9-14)10-16-17-15/h2,4,6,8-9,12H,3,5,7,10H2,1H3. The number of rotatable bonds is 3. The van der Waals surface area contributed by atoms with Gasteiger partial charge in [0.25, 0.3) is 0 Å². The van der Waals surface area contributed by atoms with Crippen LogP contribution in [-0.2, 0) is 0 Å². The van der Waals surface area contributed by atoms with Gasteiger partial charge >= 0.3 is 0 Å². The van der Waals surface area contributed by atoms with Gasteiger partial charge in [-0.15, -0.1) is 0 Å². The van der Waals surface area contributed by atoms with Crippen molar-refractivity contribution in [3.05, 3.63) is 57.5 Å². The molecule has 0 heterocycles. The van der Waals surface area contributed by atoms with Crippen molar-refractivity contribution in [3.63, 3.8) is 0 Å². The molecule has 1 unspecified atom stereocenters. The first kappa shape index (κ1) is 11.7. The van der Waals surface area contributed by atoms with Gasteiger partial charge in [-0.25, -0.2) is 0 Å². The summed E-state index contributed by atoms with van der Waals surface area (Å²) in [6.45, 7) is 2.74. The molecule has 0 fully saturated rings. The van der Waals surface area contributed by atoms with Crippen LogP contribution in [0.3, 0.4) is 0 Å². The third kappa shape index (κ3) is 3.11. The van der Waals surface area contributed by atoms with Crippen molar-refractivity contribution >= 4 is 0 Å². The van der Waals surface area contributed by atoms with E-state index >= 15 is 0 Å². The summed E-state index contributed by atoms with van der Waals surface area (Å²) in [5, 5.41) is 3.62. The topological polar surface area (TPSA) is 48.8 Å². The normalized spacial score (nSPS) is 23.4. The summed E-state index contributed by atoms with van der Waals surface area (Å²) in [7, 11) is 0. The van der Waals surface area contributed by atoms with E-state index in [9.17, 15) is 0 Å². The van der Waals surface area contributed by atoms with Crippen LogP contribution in [0, 0.1) is 5.92 Å². The number of nitrogens with zero attached hydrogens (tertiary/aromatic N) is 3. The molecule has 0 bridgehead atoms. The summed E-state index contributed by atoms with van der Waals surface area (Å²) in [6.07, 6.45) is 14.3. The van der Waals surface area contributed by atoms with Gasteiger partial charge in [0, 0.05) is 11.5 Å². The van der Waals surface area contributed by atoms with Gasteiger partial charge < -0.3 is 0 Å². The van der Waals surface area contributed by atoms with Gasteiger partial charge in [-0.1, -0.05) is 41.1 Å². The smallest absolute Gasteiger partial charge is 0.0323 e. The molecule has 0 aromatic carbocycles. The maximum atomic E-state index is 8.28. The van der Waals surface area contributed by atoms with Crippen LogP contribution in [0.4, 0.5) is 0 Å². The first-order chi connectivity index (χ1) is 8.29. The fourth-order valence-electron chi connectivity index (χ4n) is 2.16. The van der Waals surface area contributed by atoms with Crippen LogP contribution < -0.4 is 0 Å². The Morgan fingerprint density at radius 3 is 2.88 bits per heavy atom. The Bertz CT molecular complexity index is 460. The lowest BCUT2D eigenvalue weighted by molar-refractivity contribution is 0.662. The summed E-state index contributed by atoms with van der Waals surface area (Å²) in [5.74, 6) is 0.371. The third-order valence-corrected chi connectivity index (χ3v) is 3.30. The highest BCUT2D eigenvalue weighted by Gasteiger charge is 2.12. The van der Waals surface area contributed by atoms with E-state index in [0.717, 1.165) is 12.8 Å². The van der Waals surface area contributed by atoms with Crippen LogP contribution in [0.5, 0.6) is 0 Å². The second-order valence-electron chi connectivity index (χ2n) is 4.63. The number of azide groups is 1. The van der Waals surface area contributed by atoms with Gasteiger partial charge in [-0.05, 0) is 48.8 Å². The Balaban J connectivity index is 2.00. The van der Waals surface area contributed by atoms with E-state index in [0.29, 0.717) is 12.5 Å². The molecule has 0 N–H and O–H groups in total. The zero-order valence-corrected chi connectivity index (χ0v) is 10.1. The van der Waals surface area contributed by atoms with Crippen LogP contribution >= 0.6 is 0 Å². The lowest BCUT2D eigenvalue weighted by Gasteiger charge is -2.18. The van der Waals surface area contributed by atoms with Gasteiger partial charge in [0.2, 0.25) is 0 Å². The van der Waals surface area contributed by atoms with E-state index in [1.165, 1.54) is 23.1 Å². The van der Waals surface area contributed by atoms with Gasteiger partial charge in [0.1, 0.15) is 0 Å². The Kier molecular flexibility index (Phi) is 3.84. The van der Waals surface area contributed by atoms with Crippen LogP contribution in [0.25, 0.3) is 10.4 Å². The Morgan fingerprint density at radius 1 is 1.41 bits per heavy atom. The summed E-state index contributed by atoms with van der Waals surface area (Å²) in [6, 6.07) is 0. The van der Waals surface area contributed by atoms with Crippen LogP contribution in [0.1, 0.15) is 26.2 Å². The van der Waals surface area contributed by atoms with Crippen LogP contribution in [-0.4, -0.2) is 6.54 Å². The van der Waals surface area contributed by atoms with Gasteiger partial charge in [-0.3, -0.25) is 0 Å². The number of hydrogen-bond donors (Lipinski definition) is 0. The zero-order valence-electron chi connectivity index (χ0n) is 10.1. The molecule has 0 aromatic rings. The predicted octanol–water partition coefficient (Wildman–Crippen LogP) is 4.47. The molecule has 0 amide bonds. The molecule has 17 heavy (non-hydrogen) atoms. The third-order valence-electron chi connectivity index (χ3n) is 3.30. The largest absolute Gasteiger partial charge is 0.0934 e. The summed E-state index contributed by atoms with van der Waals surface area (Å²) in [5.41, 5.74) is 12.5. The molecule has 3 heteroatoms. The highest BCUT2D eigenvalue weighted by Crippen LogP contribution is 2.28. The van der Waals surface area contributed by atoms with Crippen molar-refractivity contribution in [1.82, 2.24) is 0 Å². The second kappa shape index (κ2) is 5.55. The molecular weight excluding hydrogens is 210 g/mol. The molecule has 2 aliphatic rings. The van der Waals surface area contributed by atoms with E-state index in [4.69, 9.17) is 5.53 Å². The van der Waals surface area contributed by atoms with E-state index in [1.54, 1.807) is 0 Å². The lowest BCUT2D eigenvalue weighted by atomic mass is 9.88. The van der Waals surface area contributed by atoms with Crippen molar-refractivity contribution in [2.45, 2.75) is 26.2 Å². The monoisotopic (exact) mass is 227 g/mol. The first-order valence-electron chi connectivity index (χ1n) is 6.05. The SMILES string of the molecule is CC1=CC=C(C2=CCC(CN=[N+]=[N-])C=C2)CC1. The molecule has 2 rings (SSSR count). The molecule has 0 radical (unpaired) electrons. The fraction of sp³-hybridized carbons (Fsp3) is 0.429. The van der Waals surface area contributed by atoms with Crippen molar-refractivity contribution < 1.29 is 0 Å². The summed E-state index contributed by atoms with van der Waals surface area (Å²) >= 11 is 0. The van der Waals surface area contributed by atoms with Crippen molar-refractivity contribution in [2.75, 3.05) is 6.54 Å². The molecule has 0 aromatic heterocycles. The van der Waals surface area contributed by atoms with Crippen LogP contribution in [0.15, 0.2) is 52.2 Å². The molecular formula is C14H17N3. The second-order valence-corrected chi connectivity index (χ2v) is 4.63. The Hall–Kier alpha value is -1.73. The average Bonchev–Trinajstić information content (AvgIpc) is 2.38. The predicted molar refractivity (Wildman–Crippen MR) is 70.4 cm³/mol. The quantitative estimate of drug-likeness (QED) is 0.388. The first-order valence-corrected chi connectivity index (χ1v) is 6.05. The van der Waals surface area contributed by atoms with Gasteiger partial charge in [-0.2, -0.15) is 0 Å². The van der Waals surface area contributed by atoms with Crippen molar-refractivity contribution in [1.29, 1.82) is 0 Å². The molecule has 2 aliphatic carbocycles. The summed E-state index contributed by atoms with van der Waals surface area (Å²) < 4.78 is 0. The molecule has 3 nitrogen and oxygen atoms in total. The molecule has 0 spiro atoms. The molecule has 1 atom stereocenters. The lowest BCUT2D eigenvalue weighted by Crippen LogP contribution is -2.05. The average molecular weight is 227 g/mol. The maximum Gasteiger partial charge on any atom is 0.0323 e. The van der Waals surface area contributed by atoms with E-state index in [2.05, 4.69) is 47.3 Å². The molecule has 0 saturated heterocycles. The highest BCUT2D eigenvalue weighted by molar-refractivity contribution is 5.45. The van der Waals surface area contributed by atoms with E-state index in [-0.39, 0.29) is 0 Å². The molecule has 0 aliphatic heterocycles. The maximum absolute atomic E-state index is 8.28. The fourth-order valence-corrected chi connectivity index (χ4v) is 2.16. The summed E-state index contributed by atoms with van der Waals surface area (Å²) in [4.78, 5) is 2.80. The number of hydrogen-bond acceptors (Lipinski definition) is 1.